The summed E-state index contributed by atoms with van der Waals surface area (Å²) >= 11 is 0. The highest BCUT2D eigenvalue weighted by molar-refractivity contribution is 6.45. The van der Waals surface area contributed by atoms with Gasteiger partial charge in [-0.2, -0.15) is 0 Å². The van der Waals surface area contributed by atoms with Gasteiger partial charge in [0.05, 0.1) is 33.1 Å². The first-order chi connectivity index (χ1) is 40.6. The minimum Gasteiger partial charge on any atom is -0.308 e. The average Bonchev–Trinajstić information content (AvgIpc) is 1.49. The summed E-state index contributed by atoms with van der Waals surface area (Å²) in [6.07, 6.45) is 0. The van der Waals surface area contributed by atoms with Crippen molar-refractivity contribution in [2.45, 2.75) is 209 Å². The summed E-state index contributed by atoms with van der Waals surface area (Å²) in [4.78, 5) is 0. The van der Waals surface area contributed by atoms with Crippen LogP contribution in [0.25, 0.3) is 121 Å². The van der Waals surface area contributed by atoms with Gasteiger partial charge in [0.25, 0.3) is 0 Å². The number of rotatable bonds is 4. The first kappa shape index (κ1) is 59.5. The van der Waals surface area contributed by atoms with Crippen molar-refractivity contribution in [3.63, 3.8) is 0 Å². The van der Waals surface area contributed by atoms with Crippen molar-refractivity contribution < 1.29 is 0 Å². The third-order valence-corrected chi connectivity index (χ3v) is 19.9. The van der Waals surface area contributed by atoms with Crippen LogP contribution in [0, 0.1) is 0 Å². The fraction of sp³-hybridized carbons (Fsp3) is 0.372. The number of hydrogen-bond donors (Lipinski definition) is 0. The molecule has 0 spiro atoms. The number of hydrogen-bond acceptors (Lipinski definition) is 0. The number of aromatic nitrogens is 2. The molecule has 450 valence electrons. The van der Waals surface area contributed by atoms with Crippen LogP contribution in [0.4, 0.5) is 0 Å². The van der Waals surface area contributed by atoms with Crippen LogP contribution < -0.4 is 0 Å². The fourth-order valence-corrected chi connectivity index (χ4v) is 14.0. The standard InChI is InChI=1S/C86H96N2/c1-79(2,3)57-33-53(34-58(45-57)80(4,5)6)49-25-29-69-65(41-49)73-74-66-42-50(54-35-59(81(7,8)9)46-60(36-54)82(10,11)12)27-31-71(66)88-72-32-28-52(56-39-63(85(19,20)21)48-64(40-56)86(22,23)24)44-68(72)76(78(74)88)75-67-43-51(26-30-70(67)87(69)77(73)75)55-37-61(83(13,14)15)47-62(38-55)84(16,17)18/h25-48H,1-24H3. The molecule has 13 rings (SSSR count). The summed E-state index contributed by atoms with van der Waals surface area (Å²) in [5.74, 6) is 0. The zero-order valence-electron chi connectivity index (χ0n) is 57.8. The summed E-state index contributed by atoms with van der Waals surface area (Å²) in [6, 6.07) is 59.3. The lowest BCUT2D eigenvalue weighted by molar-refractivity contribution is 0.568. The van der Waals surface area contributed by atoms with Gasteiger partial charge in [0.2, 0.25) is 0 Å². The van der Waals surface area contributed by atoms with E-state index in [-0.39, 0.29) is 43.3 Å². The second-order valence-corrected chi connectivity index (χ2v) is 35.0. The molecule has 2 nitrogen and oxygen atoms in total. The highest BCUT2D eigenvalue weighted by Gasteiger charge is 2.32. The van der Waals surface area contributed by atoms with Gasteiger partial charge >= 0.3 is 0 Å². The first-order valence-electron chi connectivity index (χ1n) is 32.7. The van der Waals surface area contributed by atoms with Gasteiger partial charge in [0.1, 0.15) is 0 Å². The van der Waals surface area contributed by atoms with E-state index in [4.69, 9.17) is 0 Å². The van der Waals surface area contributed by atoms with E-state index < -0.39 is 0 Å². The Morgan fingerprint density at radius 2 is 0.341 bits per heavy atom. The van der Waals surface area contributed by atoms with Crippen LogP contribution in [-0.2, 0) is 43.3 Å². The molecule has 0 unspecified atom stereocenters. The largest absolute Gasteiger partial charge is 0.308 e. The molecule has 0 N–H and O–H groups in total. The zero-order chi connectivity index (χ0) is 63.4. The van der Waals surface area contributed by atoms with E-state index in [1.807, 2.05) is 0 Å². The maximum atomic E-state index is 2.66. The van der Waals surface area contributed by atoms with Gasteiger partial charge in [-0.05, 0) is 181 Å². The van der Waals surface area contributed by atoms with Gasteiger partial charge in [-0.1, -0.05) is 263 Å². The van der Waals surface area contributed by atoms with Crippen molar-refractivity contribution in [2.24, 2.45) is 0 Å². The first-order valence-corrected chi connectivity index (χ1v) is 32.7. The van der Waals surface area contributed by atoms with E-state index in [0.29, 0.717) is 0 Å². The van der Waals surface area contributed by atoms with Crippen molar-refractivity contribution in [1.82, 2.24) is 8.80 Å². The van der Waals surface area contributed by atoms with Gasteiger partial charge in [-0.3, -0.25) is 0 Å². The van der Waals surface area contributed by atoms with E-state index in [1.165, 1.54) is 165 Å². The third-order valence-electron chi connectivity index (χ3n) is 19.9. The second kappa shape index (κ2) is 19.1. The molecule has 0 saturated carbocycles. The Hall–Kier alpha value is -7.42. The van der Waals surface area contributed by atoms with E-state index >= 15 is 0 Å². The van der Waals surface area contributed by atoms with E-state index in [9.17, 15) is 0 Å². The molecule has 4 heterocycles. The van der Waals surface area contributed by atoms with Crippen molar-refractivity contribution in [1.29, 1.82) is 0 Å². The molecule has 0 aliphatic rings. The summed E-state index contributed by atoms with van der Waals surface area (Å²) < 4.78 is 5.33. The predicted molar refractivity (Wildman–Crippen MR) is 387 cm³/mol. The Labute approximate surface area is 526 Å². The Balaban J connectivity index is 1.23. The smallest absolute Gasteiger partial charge is 0.0634 e. The molecule has 88 heavy (non-hydrogen) atoms. The lowest BCUT2D eigenvalue weighted by atomic mass is 9.78. The van der Waals surface area contributed by atoms with Crippen molar-refractivity contribution in [3.05, 3.63) is 190 Å². The van der Waals surface area contributed by atoms with Crippen LogP contribution in [0.3, 0.4) is 0 Å². The third kappa shape index (κ3) is 9.72. The lowest BCUT2D eigenvalue weighted by Gasteiger charge is -2.26. The van der Waals surface area contributed by atoms with Crippen molar-refractivity contribution in [3.8, 4) is 44.5 Å². The van der Waals surface area contributed by atoms with Crippen LogP contribution in [0.2, 0.25) is 0 Å². The van der Waals surface area contributed by atoms with Crippen LogP contribution in [-0.4, -0.2) is 8.80 Å². The average molecular weight is 1160 g/mol. The SMILES string of the molecule is CC(C)(C)c1cc(-c2ccc3c(c2)c2c4c5cc(-c6cc(C(C)(C)C)cc(C(C)(C)C)c6)ccc5n5c6ccc(-c7cc(C(C)(C)C)cc(C(C)(C)C)c7)cc6c(c6c7cc(-c8cc(C(C)(C)C)cc(C(C)(C)C)c8)ccc7n3c26)c45)cc(C(C)(C)C)c1. The lowest BCUT2D eigenvalue weighted by Crippen LogP contribution is -2.16. The van der Waals surface area contributed by atoms with Crippen molar-refractivity contribution >= 4 is 76.2 Å². The quantitative estimate of drug-likeness (QED) is 0.166. The summed E-state index contributed by atoms with van der Waals surface area (Å²) in [6.45, 7) is 56.5. The number of benzene rings is 9. The Kier molecular flexibility index (Phi) is 12.9. The monoisotopic (exact) mass is 1160 g/mol. The zero-order valence-corrected chi connectivity index (χ0v) is 57.8. The number of fused-ring (bicyclic) bond motifs is 14. The molecule has 9 aromatic carbocycles. The maximum absolute atomic E-state index is 2.66. The Bertz CT molecular complexity index is 4240. The molecule has 2 heteroatoms. The molecule has 13 aromatic rings. The molecule has 0 saturated heterocycles. The van der Waals surface area contributed by atoms with Crippen LogP contribution in [0.1, 0.15) is 211 Å². The molecular formula is C86H96N2. The molecule has 0 aliphatic carbocycles. The molecule has 0 aliphatic heterocycles. The molecule has 0 radical (unpaired) electrons. The molecule has 4 aromatic heterocycles. The molecule has 0 bridgehead atoms. The summed E-state index contributed by atoms with van der Waals surface area (Å²) in [7, 11) is 0. The molecule has 0 fully saturated rings. The summed E-state index contributed by atoms with van der Waals surface area (Å²) in [5, 5.41) is 10.5. The molecule has 0 amide bonds. The highest BCUT2D eigenvalue weighted by atomic mass is 14.9. The van der Waals surface area contributed by atoms with Gasteiger partial charge in [0, 0.05) is 43.1 Å². The minimum atomic E-state index is -0.0205. The van der Waals surface area contributed by atoms with Crippen LogP contribution in [0.5, 0.6) is 0 Å². The van der Waals surface area contributed by atoms with Crippen LogP contribution >= 0.6 is 0 Å². The summed E-state index contributed by atoms with van der Waals surface area (Å²) in [5.41, 5.74) is 28.4. The highest BCUT2D eigenvalue weighted by Crippen LogP contribution is 2.54. The topological polar surface area (TPSA) is 8.82 Å². The Morgan fingerprint density at radius 3 is 0.489 bits per heavy atom. The van der Waals surface area contributed by atoms with Gasteiger partial charge < -0.3 is 8.80 Å². The van der Waals surface area contributed by atoms with Gasteiger partial charge in [0.15, 0.2) is 0 Å². The second-order valence-electron chi connectivity index (χ2n) is 35.0. The number of nitrogens with zero attached hydrogens (tertiary/aromatic N) is 2. The predicted octanol–water partition coefficient (Wildman–Crippen LogP) is 25.0. The minimum absolute atomic E-state index is 0.0205. The van der Waals surface area contributed by atoms with E-state index in [1.54, 1.807) is 0 Å². The van der Waals surface area contributed by atoms with E-state index in [2.05, 4.69) is 321 Å². The van der Waals surface area contributed by atoms with Gasteiger partial charge in [-0.15, -0.1) is 0 Å². The van der Waals surface area contributed by atoms with Crippen LogP contribution in [0.15, 0.2) is 146 Å². The molecular weight excluding hydrogens is 1060 g/mol. The van der Waals surface area contributed by atoms with Crippen molar-refractivity contribution in [2.75, 3.05) is 0 Å². The fourth-order valence-electron chi connectivity index (χ4n) is 14.0. The maximum Gasteiger partial charge on any atom is 0.0634 e. The molecule has 0 atom stereocenters. The normalized spacial score (nSPS) is 13.9. The van der Waals surface area contributed by atoms with Gasteiger partial charge in [-0.25, -0.2) is 0 Å². The van der Waals surface area contributed by atoms with E-state index in [0.717, 1.165) is 0 Å². The Morgan fingerprint density at radius 1 is 0.182 bits per heavy atom.